The Labute approximate surface area is 144 Å². The maximum atomic E-state index is 12.8. The summed E-state index contributed by atoms with van der Waals surface area (Å²) in [6, 6.07) is 0.176. The zero-order chi connectivity index (χ0) is 17.0. The summed E-state index contributed by atoms with van der Waals surface area (Å²) in [6.45, 7) is 3.58. The first-order chi connectivity index (χ1) is 11.6. The number of aromatic nitrogens is 3. The number of amides is 1. The van der Waals surface area contributed by atoms with E-state index in [-0.39, 0.29) is 11.9 Å². The number of aliphatic hydroxyl groups is 1. The second-order valence-electron chi connectivity index (χ2n) is 7.47. The van der Waals surface area contributed by atoms with Gasteiger partial charge in [0.1, 0.15) is 0 Å². The minimum atomic E-state index is -0.565. The summed E-state index contributed by atoms with van der Waals surface area (Å²) < 4.78 is 1.75. The van der Waals surface area contributed by atoms with E-state index in [1.165, 1.54) is 6.42 Å². The van der Waals surface area contributed by atoms with E-state index < -0.39 is 5.60 Å². The topological polar surface area (TPSA) is 71.2 Å². The van der Waals surface area contributed by atoms with Gasteiger partial charge in [0.25, 0.3) is 0 Å². The van der Waals surface area contributed by atoms with Gasteiger partial charge in [0.2, 0.25) is 5.91 Å². The lowest BCUT2D eigenvalue weighted by molar-refractivity contribution is -0.136. The SMILES string of the molecule is CCn1cc(CC(=O)N2CCCC[C@@H]2CC2(O)CCCCC2)nn1. The maximum Gasteiger partial charge on any atom is 0.228 e. The molecule has 134 valence electrons. The van der Waals surface area contributed by atoms with Crippen LogP contribution in [0.3, 0.4) is 0 Å². The smallest absolute Gasteiger partial charge is 0.228 e. The van der Waals surface area contributed by atoms with Gasteiger partial charge in [-0.3, -0.25) is 9.48 Å². The molecule has 1 aliphatic carbocycles. The monoisotopic (exact) mass is 334 g/mol. The molecule has 0 spiro atoms. The standard InChI is InChI=1S/C18H30N4O2/c1-2-21-14-15(19-20-21)12-17(23)22-11-7-4-8-16(22)13-18(24)9-5-3-6-10-18/h14,16,24H,2-13H2,1H3/t16-/m1/s1. The third-order valence-corrected chi connectivity index (χ3v) is 5.59. The molecule has 1 amide bonds. The molecule has 0 radical (unpaired) electrons. The average Bonchev–Trinajstić information content (AvgIpc) is 3.03. The Kier molecular flexibility index (Phi) is 5.54. The van der Waals surface area contributed by atoms with Crippen LogP contribution in [-0.4, -0.2) is 49.1 Å². The molecule has 1 saturated carbocycles. The number of rotatable bonds is 5. The maximum absolute atomic E-state index is 12.8. The summed E-state index contributed by atoms with van der Waals surface area (Å²) in [5, 5.41) is 19.0. The fraction of sp³-hybridized carbons (Fsp3) is 0.833. The van der Waals surface area contributed by atoms with Gasteiger partial charge in [0.15, 0.2) is 0 Å². The van der Waals surface area contributed by atoms with Crippen LogP contribution in [0.1, 0.15) is 70.4 Å². The van der Waals surface area contributed by atoms with Gasteiger partial charge in [-0.1, -0.05) is 24.5 Å². The minimum Gasteiger partial charge on any atom is -0.390 e. The number of piperidine rings is 1. The number of likely N-dealkylation sites (tertiary alicyclic amines) is 1. The highest BCUT2D eigenvalue weighted by Gasteiger charge is 2.36. The summed E-state index contributed by atoms with van der Waals surface area (Å²) in [6.07, 6.45) is 11.3. The van der Waals surface area contributed by atoms with Crippen LogP contribution in [0.15, 0.2) is 6.20 Å². The van der Waals surface area contributed by atoms with E-state index in [0.29, 0.717) is 6.42 Å². The Bertz CT molecular complexity index is 551. The van der Waals surface area contributed by atoms with Crippen molar-refractivity contribution in [2.75, 3.05) is 6.54 Å². The van der Waals surface area contributed by atoms with E-state index in [1.54, 1.807) is 4.68 Å². The van der Waals surface area contributed by atoms with E-state index in [9.17, 15) is 9.90 Å². The lowest BCUT2D eigenvalue weighted by Gasteiger charge is -2.42. The second-order valence-corrected chi connectivity index (χ2v) is 7.47. The molecular weight excluding hydrogens is 304 g/mol. The van der Waals surface area contributed by atoms with E-state index in [2.05, 4.69) is 10.3 Å². The van der Waals surface area contributed by atoms with Crippen molar-refractivity contribution in [3.63, 3.8) is 0 Å². The molecule has 2 aliphatic rings. The molecule has 1 saturated heterocycles. The normalized spacial score (nSPS) is 24.1. The first-order valence-electron chi connectivity index (χ1n) is 9.50. The Balaban J connectivity index is 1.63. The predicted molar refractivity (Wildman–Crippen MR) is 91.4 cm³/mol. The van der Waals surface area contributed by atoms with Gasteiger partial charge in [-0.15, -0.1) is 5.10 Å². The molecule has 3 rings (SSSR count). The van der Waals surface area contributed by atoms with E-state index in [4.69, 9.17) is 0 Å². The van der Waals surface area contributed by atoms with Gasteiger partial charge in [-0.05, 0) is 45.4 Å². The highest BCUT2D eigenvalue weighted by atomic mass is 16.3. The van der Waals surface area contributed by atoms with Crippen molar-refractivity contribution in [1.82, 2.24) is 19.9 Å². The lowest BCUT2D eigenvalue weighted by atomic mass is 9.78. The van der Waals surface area contributed by atoms with Crippen molar-refractivity contribution in [2.24, 2.45) is 0 Å². The average molecular weight is 334 g/mol. The van der Waals surface area contributed by atoms with Crippen LogP contribution < -0.4 is 0 Å². The molecular formula is C18H30N4O2. The molecule has 2 heterocycles. The fourth-order valence-corrected chi connectivity index (χ4v) is 4.22. The third-order valence-electron chi connectivity index (χ3n) is 5.59. The van der Waals surface area contributed by atoms with Crippen LogP contribution in [-0.2, 0) is 17.8 Å². The van der Waals surface area contributed by atoms with Crippen LogP contribution in [0.5, 0.6) is 0 Å². The molecule has 6 heteroatoms. The number of hydrogen-bond acceptors (Lipinski definition) is 4. The Hall–Kier alpha value is -1.43. The quantitative estimate of drug-likeness (QED) is 0.897. The van der Waals surface area contributed by atoms with Gasteiger partial charge in [0, 0.05) is 25.3 Å². The minimum absolute atomic E-state index is 0.127. The fourth-order valence-electron chi connectivity index (χ4n) is 4.22. The van der Waals surface area contributed by atoms with Crippen molar-refractivity contribution in [3.05, 3.63) is 11.9 Å². The van der Waals surface area contributed by atoms with Gasteiger partial charge < -0.3 is 10.0 Å². The molecule has 1 atom stereocenters. The lowest BCUT2D eigenvalue weighted by Crippen LogP contribution is -2.49. The first kappa shape index (κ1) is 17.4. The number of nitrogens with zero attached hydrogens (tertiary/aromatic N) is 4. The second kappa shape index (κ2) is 7.64. The summed E-state index contributed by atoms with van der Waals surface area (Å²) in [4.78, 5) is 14.8. The molecule has 1 aliphatic heterocycles. The Morgan fingerprint density at radius 1 is 1.29 bits per heavy atom. The van der Waals surface area contributed by atoms with Gasteiger partial charge in [0.05, 0.1) is 17.7 Å². The zero-order valence-electron chi connectivity index (χ0n) is 14.8. The van der Waals surface area contributed by atoms with Crippen LogP contribution >= 0.6 is 0 Å². The van der Waals surface area contributed by atoms with Gasteiger partial charge >= 0.3 is 0 Å². The molecule has 0 unspecified atom stereocenters. The van der Waals surface area contributed by atoms with Crippen molar-refractivity contribution < 1.29 is 9.90 Å². The molecule has 1 N–H and O–H groups in total. The van der Waals surface area contributed by atoms with Crippen molar-refractivity contribution >= 4 is 5.91 Å². The number of carbonyl (C=O) groups excluding carboxylic acids is 1. The van der Waals surface area contributed by atoms with Crippen LogP contribution in [0, 0.1) is 0 Å². The molecule has 0 bridgehead atoms. The predicted octanol–water partition coefficient (Wildman–Crippen LogP) is 2.31. The molecule has 24 heavy (non-hydrogen) atoms. The highest BCUT2D eigenvalue weighted by Crippen LogP contribution is 2.35. The van der Waals surface area contributed by atoms with Crippen molar-refractivity contribution in [3.8, 4) is 0 Å². The largest absolute Gasteiger partial charge is 0.390 e. The number of hydrogen-bond donors (Lipinski definition) is 1. The van der Waals surface area contributed by atoms with Gasteiger partial charge in [-0.25, -0.2) is 0 Å². The van der Waals surface area contributed by atoms with Crippen molar-refractivity contribution in [2.45, 2.75) is 89.3 Å². The summed E-state index contributed by atoms with van der Waals surface area (Å²) in [5.41, 5.74) is 0.173. The van der Waals surface area contributed by atoms with Crippen LogP contribution in [0.4, 0.5) is 0 Å². The summed E-state index contributed by atoms with van der Waals surface area (Å²) in [7, 11) is 0. The summed E-state index contributed by atoms with van der Waals surface area (Å²) >= 11 is 0. The summed E-state index contributed by atoms with van der Waals surface area (Å²) in [5.74, 6) is 0.127. The Morgan fingerprint density at radius 2 is 2.08 bits per heavy atom. The van der Waals surface area contributed by atoms with E-state index in [1.807, 2.05) is 18.0 Å². The van der Waals surface area contributed by atoms with E-state index in [0.717, 1.165) is 70.2 Å². The first-order valence-corrected chi connectivity index (χ1v) is 9.50. The van der Waals surface area contributed by atoms with Gasteiger partial charge in [-0.2, -0.15) is 0 Å². The van der Waals surface area contributed by atoms with Crippen LogP contribution in [0.25, 0.3) is 0 Å². The molecule has 2 fully saturated rings. The number of carbonyl (C=O) groups is 1. The van der Waals surface area contributed by atoms with E-state index >= 15 is 0 Å². The Morgan fingerprint density at radius 3 is 2.79 bits per heavy atom. The third kappa shape index (κ3) is 4.15. The molecule has 6 nitrogen and oxygen atoms in total. The van der Waals surface area contributed by atoms with Crippen molar-refractivity contribution in [1.29, 1.82) is 0 Å². The highest BCUT2D eigenvalue weighted by molar-refractivity contribution is 5.78. The zero-order valence-corrected chi connectivity index (χ0v) is 14.8. The molecule has 1 aromatic rings. The number of aryl methyl sites for hydroxylation is 1. The molecule has 1 aromatic heterocycles. The molecule has 0 aromatic carbocycles. The van der Waals surface area contributed by atoms with Crippen LogP contribution in [0.2, 0.25) is 0 Å².